The van der Waals surface area contributed by atoms with Crippen molar-refractivity contribution in [2.75, 3.05) is 5.01 Å². The van der Waals surface area contributed by atoms with E-state index in [9.17, 15) is 22.8 Å². The third-order valence-electron chi connectivity index (χ3n) is 4.93. The van der Waals surface area contributed by atoms with Gasteiger partial charge in [-0.25, -0.2) is 15.2 Å². The topological polar surface area (TPSA) is 52.7 Å². The zero-order valence-corrected chi connectivity index (χ0v) is 12.0. The van der Waals surface area contributed by atoms with E-state index in [0.29, 0.717) is 0 Å². The summed E-state index contributed by atoms with van der Waals surface area (Å²) in [5, 5.41) is 0.958. The lowest BCUT2D eigenvalue weighted by atomic mass is 9.97. The summed E-state index contributed by atoms with van der Waals surface area (Å²) in [5.74, 6) is -0.261. The van der Waals surface area contributed by atoms with Gasteiger partial charge in [-0.05, 0) is 43.4 Å². The minimum atomic E-state index is -4.50. The van der Waals surface area contributed by atoms with Gasteiger partial charge >= 0.3 is 12.2 Å². The second kappa shape index (κ2) is 4.62. The highest BCUT2D eigenvalue weighted by atomic mass is 19.4. The smallest absolute Gasteiger partial charge is 0.308 e. The highest BCUT2D eigenvalue weighted by Gasteiger charge is 2.55. The first-order chi connectivity index (χ1) is 10.9. The van der Waals surface area contributed by atoms with Gasteiger partial charge in [0.25, 0.3) is 5.91 Å². The van der Waals surface area contributed by atoms with Crippen LogP contribution in [0.25, 0.3) is 0 Å². The Hall–Kier alpha value is -2.25. The zero-order valence-electron chi connectivity index (χ0n) is 12.0. The molecule has 1 aromatic rings. The number of amides is 3. The standard InChI is InChI=1S/C15H14F3N3O2/c16-15(17,18)9-2-1-3-11(7-9)21-13(22)12-8-4-5-10(6-8)20(12)14(23)19-21/h1-3,7-8,10,12H,4-6H2,(H,19,23). The largest absolute Gasteiger partial charge is 0.416 e. The molecule has 23 heavy (non-hydrogen) atoms. The number of nitrogens with zero attached hydrogens (tertiary/aromatic N) is 2. The van der Waals surface area contributed by atoms with Crippen LogP contribution in [0.3, 0.4) is 0 Å². The van der Waals surface area contributed by atoms with Gasteiger partial charge in [-0.3, -0.25) is 4.79 Å². The summed E-state index contributed by atoms with van der Waals surface area (Å²) in [5.41, 5.74) is 1.59. The molecule has 122 valence electrons. The van der Waals surface area contributed by atoms with Crippen molar-refractivity contribution >= 4 is 17.6 Å². The van der Waals surface area contributed by atoms with E-state index in [1.54, 1.807) is 4.90 Å². The molecular weight excluding hydrogens is 311 g/mol. The Labute approximate surface area is 130 Å². The van der Waals surface area contributed by atoms with Gasteiger partial charge in [-0.1, -0.05) is 6.07 Å². The van der Waals surface area contributed by atoms with Gasteiger partial charge in [0.1, 0.15) is 6.04 Å². The van der Waals surface area contributed by atoms with Crippen molar-refractivity contribution in [2.24, 2.45) is 5.92 Å². The Morgan fingerprint density at radius 2 is 1.96 bits per heavy atom. The van der Waals surface area contributed by atoms with E-state index >= 15 is 0 Å². The number of hydrazine groups is 1. The lowest BCUT2D eigenvalue weighted by Gasteiger charge is -2.42. The number of rotatable bonds is 1. The van der Waals surface area contributed by atoms with Crippen LogP contribution in [-0.2, 0) is 11.0 Å². The molecule has 4 rings (SSSR count). The van der Waals surface area contributed by atoms with Gasteiger partial charge in [-0.15, -0.1) is 0 Å². The Kier molecular flexibility index (Phi) is 2.88. The third kappa shape index (κ3) is 2.08. The second-order valence-electron chi connectivity index (χ2n) is 6.22. The lowest BCUT2D eigenvalue weighted by Crippen LogP contribution is -2.67. The van der Waals surface area contributed by atoms with Crippen molar-refractivity contribution < 1.29 is 22.8 Å². The molecule has 1 aromatic carbocycles. The molecule has 3 amide bonds. The first-order valence-corrected chi connectivity index (χ1v) is 7.46. The maximum atomic E-state index is 12.8. The summed E-state index contributed by atoms with van der Waals surface area (Å²) in [4.78, 5) is 26.5. The van der Waals surface area contributed by atoms with Crippen LogP contribution in [0.15, 0.2) is 24.3 Å². The molecule has 8 heteroatoms. The van der Waals surface area contributed by atoms with Gasteiger partial charge in [0.15, 0.2) is 0 Å². The number of urea groups is 1. The fourth-order valence-electron chi connectivity index (χ4n) is 3.95. The third-order valence-corrected chi connectivity index (χ3v) is 4.93. The summed E-state index contributed by atoms with van der Waals surface area (Å²) in [6, 6.07) is 3.51. The van der Waals surface area contributed by atoms with Crippen LogP contribution in [0.5, 0.6) is 0 Å². The summed E-state index contributed by atoms with van der Waals surface area (Å²) in [6.45, 7) is 0. The lowest BCUT2D eigenvalue weighted by molar-refractivity contribution is -0.137. The summed E-state index contributed by atoms with van der Waals surface area (Å²) in [7, 11) is 0. The van der Waals surface area contributed by atoms with Crippen LogP contribution < -0.4 is 10.4 Å². The van der Waals surface area contributed by atoms with Crippen LogP contribution >= 0.6 is 0 Å². The molecule has 3 aliphatic rings. The number of hydrogen-bond donors (Lipinski definition) is 1. The van der Waals surface area contributed by atoms with Crippen LogP contribution in [0.2, 0.25) is 0 Å². The van der Waals surface area contributed by atoms with Crippen molar-refractivity contribution in [1.82, 2.24) is 10.3 Å². The number of benzene rings is 1. The minimum Gasteiger partial charge on any atom is -0.308 e. The van der Waals surface area contributed by atoms with Gasteiger partial charge in [0.2, 0.25) is 0 Å². The SMILES string of the molecule is O=C1C2C3CCC(C3)N2C(=O)NN1c1cccc(C(F)(F)F)c1. The maximum Gasteiger partial charge on any atom is 0.416 e. The maximum absolute atomic E-state index is 12.8. The number of piperidine rings is 1. The first-order valence-electron chi connectivity index (χ1n) is 7.46. The number of carbonyl (C=O) groups is 2. The van der Waals surface area contributed by atoms with Crippen LogP contribution in [0.1, 0.15) is 24.8 Å². The average Bonchev–Trinajstić information content (AvgIpc) is 3.11. The molecule has 3 unspecified atom stereocenters. The monoisotopic (exact) mass is 325 g/mol. The average molecular weight is 325 g/mol. The van der Waals surface area contributed by atoms with Crippen molar-refractivity contribution in [3.63, 3.8) is 0 Å². The van der Waals surface area contributed by atoms with E-state index in [-0.39, 0.29) is 23.6 Å². The van der Waals surface area contributed by atoms with Crippen molar-refractivity contribution in [3.05, 3.63) is 29.8 Å². The summed E-state index contributed by atoms with van der Waals surface area (Å²) >= 11 is 0. The van der Waals surface area contributed by atoms with Gasteiger partial charge < -0.3 is 4.90 Å². The Bertz CT molecular complexity index is 691. The molecule has 3 atom stereocenters. The van der Waals surface area contributed by atoms with Gasteiger partial charge in [0, 0.05) is 6.04 Å². The molecule has 5 nitrogen and oxygen atoms in total. The van der Waals surface area contributed by atoms with E-state index in [2.05, 4.69) is 5.43 Å². The molecule has 1 aliphatic carbocycles. The highest BCUT2D eigenvalue weighted by Crippen LogP contribution is 2.44. The van der Waals surface area contributed by atoms with Crippen molar-refractivity contribution in [2.45, 2.75) is 37.5 Å². The molecular formula is C15H14F3N3O2. The van der Waals surface area contributed by atoms with Crippen LogP contribution in [-0.4, -0.2) is 28.9 Å². The molecule has 2 aliphatic heterocycles. The summed E-state index contributed by atoms with van der Waals surface area (Å²) in [6.07, 6.45) is -1.95. The number of fused-ring (bicyclic) bond motifs is 5. The van der Waals surface area contributed by atoms with Crippen molar-refractivity contribution in [3.8, 4) is 0 Å². The molecule has 2 bridgehead atoms. The quantitative estimate of drug-likeness (QED) is 0.863. The molecule has 0 spiro atoms. The number of anilines is 1. The predicted molar refractivity (Wildman–Crippen MR) is 74.2 cm³/mol. The van der Waals surface area contributed by atoms with E-state index in [1.165, 1.54) is 12.1 Å². The van der Waals surface area contributed by atoms with Crippen LogP contribution in [0, 0.1) is 5.92 Å². The zero-order chi connectivity index (χ0) is 16.4. The fourth-order valence-corrected chi connectivity index (χ4v) is 3.95. The van der Waals surface area contributed by atoms with Gasteiger partial charge in [-0.2, -0.15) is 13.2 Å². The Morgan fingerprint density at radius 1 is 1.17 bits per heavy atom. The molecule has 3 fully saturated rings. The molecule has 2 saturated heterocycles. The Balaban J connectivity index is 1.68. The fraction of sp³-hybridized carbons (Fsp3) is 0.467. The van der Waals surface area contributed by atoms with E-state index in [0.717, 1.165) is 36.4 Å². The number of hydrogen-bond acceptors (Lipinski definition) is 2. The molecule has 1 saturated carbocycles. The van der Waals surface area contributed by atoms with Crippen LogP contribution in [0.4, 0.5) is 23.7 Å². The number of alkyl halides is 3. The molecule has 2 heterocycles. The normalized spacial score (nSPS) is 29.8. The summed E-state index contributed by atoms with van der Waals surface area (Å²) < 4.78 is 38.5. The van der Waals surface area contributed by atoms with E-state index in [1.807, 2.05) is 0 Å². The first kappa shape index (κ1) is 14.3. The molecule has 1 N–H and O–H groups in total. The van der Waals surface area contributed by atoms with E-state index < -0.39 is 23.8 Å². The minimum absolute atomic E-state index is 0.0283. The predicted octanol–water partition coefficient (Wildman–Crippen LogP) is 2.53. The van der Waals surface area contributed by atoms with Gasteiger partial charge in [0.05, 0.1) is 11.3 Å². The number of halogens is 3. The molecule has 0 radical (unpaired) electrons. The highest BCUT2D eigenvalue weighted by molar-refractivity contribution is 6.04. The molecule has 0 aromatic heterocycles. The van der Waals surface area contributed by atoms with Crippen molar-refractivity contribution in [1.29, 1.82) is 0 Å². The van der Waals surface area contributed by atoms with E-state index in [4.69, 9.17) is 0 Å². The Morgan fingerprint density at radius 3 is 2.70 bits per heavy atom. The number of nitrogens with one attached hydrogen (secondary N) is 1. The number of carbonyl (C=O) groups excluding carboxylic acids is 2. The second-order valence-corrected chi connectivity index (χ2v) is 6.22.